The predicted octanol–water partition coefficient (Wildman–Crippen LogP) is 12.1. The first-order valence-corrected chi connectivity index (χ1v) is 17.6. The van der Waals surface area contributed by atoms with Crippen LogP contribution in [0.15, 0.2) is 158 Å². The molecular weight excluding hydrogens is 629 g/mol. The summed E-state index contributed by atoms with van der Waals surface area (Å²) >= 11 is 1.88. The molecule has 4 aromatic heterocycles. The Kier molecular flexibility index (Phi) is 5.80. The lowest BCUT2D eigenvalue weighted by molar-refractivity contribution is 1.17. The third-order valence-electron chi connectivity index (χ3n) is 10.0. The summed E-state index contributed by atoms with van der Waals surface area (Å²) in [5.74, 6) is 0.652. The van der Waals surface area contributed by atoms with E-state index in [4.69, 9.17) is 15.0 Å². The van der Waals surface area contributed by atoms with Gasteiger partial charge in [-0.15, -0.1) is 11.3 Å². The fraction of sp³-hybridized carbons (Fsp3) is 0. The first-order valence-electron chi connectivity index (χ1n) is 16.8. The van der Waals surface area contributed by atoms with Crippen LogP contribution in [0.5, 0.6) is 0 Å². The number of benzene rings is 7. The second-order valence-electron chi connectivity index (χ2n) is 12.8. The summed E-state index contributed by atoms with van der Waals surface area (Å²) in [6.45, 7) is 0. The zero-order valence-electron chi connectivity index (χ0n) is 26.7. The van der Waals surface area contributed by atoms with Gasteiger partial charge in [-0.25, -0.2) is 15.0 Å². The van der Waals surface area contributed by atoms with Gasteiger partial charge in [-0.1, -0.05) is 115 Å². The van der Waals surface area contributed by atoms with E-state index in [1.807, 2.05) is 17.4 Å². The van der Waals surface area contributed by atoms with Gasteiger partial charge < -0.3 is 4.57 Å². The fourth-order valence-electron chi connectivity index (χ4n) is 7.91. The first kappa shape index (κ1) is 27.5. The highest BCUT2D eigenvalue weighted by atomic mass is 32.1. The highest BCUT2D eigenvalue weighted by Crippen LogP contribution is 2.48. The van der Waals surface area contributed by atoms with Gasteiger partial charge in [0.25, 0.3) is 0 Å². The monoisotopic (exact) mass is 654 g/mol. The molecule has 0 radical (unpaired) electrons. The Morgan fingerprint density at radius 2 is 1.22 bits per heavy atom. The minimum Gasteiger partial charge on any atom is -0.308 e. The van der Waals surface area contributed by atoms with E-state index in [1.54, 1.807) is 6.20 Å². The molecule has 0 saturated carbocycles. The minimum atomic E-state index is 0.652. The molecule has 4 heterocycles. The number of hydrogen-bond donors (Lipinski definition) is 0. The maximum absolute atomic E-state index is 5.30. The van der Waals surface area contributed by atoms with Gasteiger partial charge in [-0.2, -0.15) is 0 Å². The molecule has 0 spiro atoms. The summed E-state index contributed by atoms with van der Waals surface area (Å²) < 4.78 is 5.04. The van der Waals surface area contributed by atoms with Gasteiger partial charge in [-0.05, 0) is 57.9 Å². The Balaban J connectivity index is 1.22. The molecular formula is C45H26N4S. The van der Waals surface area contributed by atoms with E-state index in [0.717, 1.165) is 33.3 Å². The fourth-order valence-corrected chi connectivity index (χ4v) is 9.17. The summed E-state index contributed by atoms with van der Waals surface area (Å²) in [5.41, 5.74) is 7.05. The Morgan fingerprint density at radius 1 is 0.520 bits per heavy atom. The second kappa shape index (κ2) is 10.5. The quantitative estimate of drug-likeness (QED) is 0.190. The molecule has 5 heteroatoms. The van der Waals surface area contributed by atoms with Gasteiger partial charge in [0.15, 0.2) is 11.5 Å². The van der Waals surface area contributed by atoms with Crippen LogP contribution in [-0.2, 0) is 0 Å². The lowest BCUT2D eigenvalue weighted by atomic mass is 9.99. The molecule has 0 aliphatic rings. The molecule has 0 aliphatic carbocycles. The molecule has 0 unspecified atom stereocenters. The Morgan fingerprint density at radius 3 is 2.12 bits per heavy atom. The van der Waals surface area contributed by atoms with Gasteiger partial charge in [0.2, 0.25) is 0 Å². The van der Waals surface area contributed by atoms with Crippen LogP contribution in [-0.4, -0.2) is 19.5 Å². The van der Waals surface area contributed by atoms with Crippen LogP contribution in [0.25, 0.3) is 103 Å². The van der Waals surface area contributed by atoms with E-state index >= 15 is 0 Å². The summed E-state index contributed by atoms with van der Waals surface area (Å²) in [5, 5.41) is 11.0. The van der Waals surface area contributed by atoms with Gasteiger partial charge in [0.05, 0.1) is 21.4 Å². The van der Waals surface area contributed by atoms with Gasteiger partial charge >= 0.3 is 0 Å². The number of rotatable bonds is 3. The topological polar surface area (TPSA) is 43.6 Å². The Labute approximate surface area is 290 Å². The lowest BCUT2D eigenvalue weighted by Crippen LogP contribution is -1.99. The Hall–Kier alpha value is -6.43. The van der Waals surface area contributed by atoms with E-state index in [-0.39, 0.29) is 0 Å². The number of thiophene rings is 1. The van der Waals surface area contributed by atoms with Crippen LogP contribution in [0.3, 0.4) is 0 Å². The van der Waals surface area contributed by atoms with E-state index in [2.05, 4.69) is 150 Å². The molecule has 11 aromatic rings. The molecule has 0 atom stereocenters. The van der Waals surface area contributed by atoms with Crippen molar-refractivity contribution in [3.8, 4) is 28.3 Å². The van der Waals surface area contributed by atoms with Gasteiger partial charge in [-0.3, -0.25) is 0 Å². The first-order chi connectivity index (χ1) is 24.8. The molecule has 50 heavy (non-hydrogen) atoms. The third kappa shape index (κ3) is 3.89. The summed E-state index contributed by atoms with van der Waals surface area (Å²) in [6, 6.07) is 54.0. The van der Waals surface area contributed by atoms with Crippen LogP contribution in [0, 0.1) is 0 Å². The van der Waals surface area contributed by atoms with Crippen molar-refractivity contribution in [1.29, 1.82) is 0 Å². The summed E-state index contributed by atoms with van der Waals surface area (Å²) in [6.07, 6.45) is 1.81. The van der Waals surface area contributed by atoms with Crippen molar-refractivity contribution in [2.45, 2.75) is 0 Å². The van der Waals surface area contributed by atoms with Crippen LogP contribution in [0.2, 0.25) is 0 Å². The zero-order chi connectivity index (χ0) is 32.8. The maximum Gasteiger partial charge on any atom is 0.163 e. The minimum absolute atomic E-state index is 0.652. The molecule has 0 aliphatic heterocycles. The van der Waals surface area contributed by atoms with E-state index in [9.17, 15) is 0 Å². The number of aromatic nitrogens is 4. The highest BCUT2D eigenvalue weighted by Gasteiger charge is 2.22. The largest absolute Gasteiger partial charge is 0.308 e. The van der Waals surface area contributed by atoms with Gasteiger partial charge in [0.1, 0.15) is 0 Å². The molecule has 11 rings (SSSR count). The average molecular weight is 655 g/mol. The summed E-state index contributed by atoms with van der Waals surface area (Å²) in [4.78, 5) is 15.1. The number of nitrogens with zero attached hydrogens (tertiary/aromatic N) is 4. The van der Waals surface area contributed by atoms with Gasteiger partial charge in [0, 0.05) is 54.6 Å². The van der Waals surface area contributed by atoms with Crippen molar-refractivity contribution in [1.82, 2.24) is 19.5 Å². The third-order valence-corrected chi connectivity index (χ3v) is 11.2. The van der Waals surface area contributed by atoms with E-state index in [1.165, 1.54) is 58.1 Å². The standard InChI is InChI=1S/C45H26N4S/c1-2-16-30-27(12-1)13-10-21-33(30)41-36-22-11-25-46-45(36)48-44(47-41)28-14-9-15-29(26-28)49-37-23-7-5-19-34(37)39-31-17-3-4-18-32(31)40-35-20-6-8-24-38(35)50-43(40)42(39)49/h1-26H. The van der Waals surface area contributed by atoms with Crippen molar-refractivity contribution in [3.63, 3.8) is 0 Å². The number of hydrogen-bond acceptors (Lipinski definition) is 4. The Bertz CT molecular complexity index is 3170. The number of pyridine rings is 1. The molecule has 0 bridgehead atoms. The van der Waals surface area contributed by atoms with Crippen LogP contribution >= 0.6 is 11.3 Å². The average Bonchev–Trinajstić information content (AvgIpc) is 3.74. The van der Waals surface area contributed by atoms with Crippen molar-refractivity contribution >= 4 is 85.9 Å². The number of fused-ring (bicyclic) bond motifs is 12. The molecule has 0 amide bonds. The molecule has 232 valence electrons. The maximum atomic E-state index is 5.30. The molecule has 7 aromatic carbocycles. The van der Waals surface area contributed by atoms with E-state index < -0.39 is 0 Å². The van der Waals surface area contributed by atoms with Crippen LogP contribution in [0.4, 0.5) is 0 Å². The highest BCUT2D eigenvalue weighted by molar-refractivity contribution is 7.27. The SMILES string of the molecule is c1cc(-c2nc(-c3cccc4ccccc34)c3cccnc3n2)cc(-n2c3ccccc3c3c4ccccc4c4c5ccccc5sc4c32)c1. The van der Waals surface area contributed by atoms with Crippen LogP contribution < -0.4 is 0 Å². The second-order valence-corrected chi connectivity index (χ2v) is 13.8. The van der Waals surface area contributed by atoms with Crippen molar-refractivity contribution in [2.75, 3.05) is 0 Å². The molecule has 0 saturated heterocycles. The lowest BCUT2D eigenvalue weighted by Gasteiger charge is -2.13. The molecule has 4 nitrogen and oxygen atoms in total. The zero-order valence-corrected chi connectivity index (χ0v) is 27.5. The predicted molar refractivity (Wildman–Crippen MR) is 210 cm³/mol. The van der Waals surface area contributed by atoms with Crippen molar-refractivity contribution in [3.05, 3.63) is 158 Å². The molecule has 0 fully saturated rings. The van der Waals surface area contributed by atoms with Crippen molar-refractivity contribution in [2.24, 2.45) is 0 Å². The smallest absolute Gasteiger partial charge is 0.163 e. The normalized spacial score (nSPS) is 12.0. The van der Waals surface area contributed by atoms with E-state index in [0.29, 0.717) is 11.5 Å². The van der Waals surface area contributed by atoms with Crippen molar-refractivity contribution < 1.29 is 0 Å². The van der Waals surface area contributed by atoms with Crippen LogP contribution in [0.1, 0.15) is 0 Å². The molecule has 0 N–H and O–H groups in total. The number of para-hydroxylation sites is 1. The summed E-state index contributed by atoms with van der Waals surface area (Å²) in [7, 11) is 0.